The molecule has 0 aliphatic heterocycles. The van der Waals surface area contributed by atoms with Gasteiger partial charge in [-0.3, -0.25) is 4.98 Å². The highest BCUT2D eigenvalue weighted by molar-refractivity contribution is 5.85. The van der Waals surface area contributed by atoms with Gasteiger partial charge < -0.3 is 10.1 Å². The first-order valence-electron chi connectivity index (χ1n) is 6.72. The Hall–Kier alpha value is -1.66. The summed E-state index contributed by atoms with van der Waals surface area (Å²) in [4.78, 5) is 4.09. The molecule has 6 heteroatoms. The average Bonchev–Trinajstić information content (AvgIpc) is 2.44. The van der Waals surface area contributed by atoms with Gasteiger partial charge in [-0.25, -0.2) is 0 Å². The summed E-state index contributed by atoms with van der Waals surface area (Å²) < 4.78 is 41.4. The van der Waals surface area contributed by atoms with E-state index in [1.165, 1.54) is 0 Å². The standard InChI is InChI=1S/C15H17F3N2O/c1-2-20-14(9-21-10-15(16,17)18)12-5-3-4-11-6-7-19-8-13(11)12/h3-8,14,20H,2,9-10H2,1H3. The summed E-state index contributed by atoms with van der Waals surface area (Å²) in [6, 6.07) is 7.28. The van der Waals surface area contributed by atoms with E-state index in [0.29, 0.717) is 6.54 Å². The number of nitrogens with one attached hydrogen (secondary N) is 1. The van der Waals surface area contributed by atoms with Gasteiger partial charge in [0.05, 0.1) is 12.6 Å². The van der Waals surface area contributed by atoms with E-state index in [4.69, 9.17) is 4.74 Å². The van der Waals surface area contributed by atoms with Crippen LogP contribution >= 0.6 is 0 Å². The smallest absolute Gasteiger partial charge is 0.370 e. The van der Waals surface area contributed by atoms with Gasteiger partial charge in [0, 0.05) is 17.8 Å². The Morgan fingerprint density at radius 2 is 2.10 bits per heavy atom. The summed E-state index contributed by atoms with van der Waals surface area (Å²) in [6.45, 7) is 1.26. The number of nitrogens with zero attached hydrogens (tertiary/aromatic N) is 1. The summed E-state index contributed by atoms with van der Waals surface area (Å²) in [7, 11) is 0. The number of fused-ring (bicyclic) bond motifs is 1. The molecule has 114 valence electrons. The van der Waals surface area contributed by atoms with Crippen molar-refractivity contribution in [2.24, 2.45) is 0 Å². The van der Waals surface area contributed by atoms with E-state index in [1.54, 1.807) is 12.4 Å². The summed E-state index contributed by atoms with van der Waals surface area (Å²) in [5.74, 6) is 0. The quantitative estimate of drug-likeness (QED) is 0.886. The van der Waals surface area contributed by atoms with Crippen molar-refractivity contribution in [2.45, 2.75) is 19.1 Å². The molecule has 1 unspecified atom stereocenters. The van der Waals surface area contributed by atoms with E-state index < -0.39 is 12.8 Å². The first kappa shape index (κ1) is 15.7. The van der Waals surface area contributed by atoms with Crippen molar-refractivity contribution in [1.82, 2.24) is 10.3 Å². The van der Waals surface area contributed by atoms with Gasteiger partial charge in [-0.1, -0.05) is 25.1 Å². The predicted octanol–water partition coefficient (Wildman–Crippen LogP) is 3.46. The summed E-state index contributed by atoms with van der Waals surface area (Å²) in [6.07, 6.45) is -0.898. The second-order valence-electron chi connectivity index (χ2n) is 4.68. The normalized spacial score (nSPS) is 13.5. The highest BCUT2D eigenvalue weighted by Crippen LogP contribution is 2.24. The van der Waals surface area contributed by atoms with Crippen LogP contribution in [-0.2, 0) is 4.74 Å². The predicted molar refractivity (Wildman–Crippen MR) is 75.0 cm³/mol. The Bertz CT molecular complexity index is 581. The van der Waals surface area contributed by atoms with E-state index >= 15 is 0 Å². The summed E-state index contributed by atoms with van der Waals surface area (Å²) >= 11 is 0. The molecule has 2 rings (SSSR count). The minimum atomic E-state index is -4.31. The van der Waals surface area contributed by atoms with Gasteiger partial charge in [0.2, 0.25) is 0 Å². The number of ether oxygens (including phenoxy) is 1. The fraction of sp³-hybridized carbons (Fsp3) is 0.400. The largest absolute Gasteiger partial charge is 0.411 e. The van der Waals surface area contributed by atoms with Crippen LogP contribution in [0.4, 0.5) is 13.2 Å². The molecule has 0 aliphatic carbocycles. The molecule has 0 radical (unpaired) electrons. The van der Waals surface area contributed by atoms with Crippen molar-refractivity contribution in [3.8, 4) is 0 Å². The van der Waals surface area contributed by atoms with Gasteiger partial charge in [0.25, 0.3) is 0 Å². The Kier molecular flexibility index (Phi) is 5.14. The van der Waals surface area contributed by atoms with Gasteiger partial charge in [-0.2, -0.15) is 13.2 Å². The Morgan fingerprint density at radius 3 is 2.81 bits per heavy atom. The molecule has 1 aromatic carbocycles. The maximum absolute atomic E-state index is 12.2. The van der Waals surface area contributed by atoms with Crippen LogP contribution in [0.3, 0.4) is 0 Å². The van der Waals surface area contributed by atoms with Crippen LogP contribution in [0.2, 0.25) is 0 Å². The van der Waals surface area contributed by atoms with E-state index in [-0.39, 0.29) is 12.6 Å². The number of benzene rings is 1. The fourth-order valence-corrected chi connectivity index (χ4v) is 2.24. The maximum atomic E-state index is 12.2. The highest BCUT2D eigenvalue weighted by Gasteiger charge is 2.28. The first-order chi connectivity index (χ1) is 10.0. The van der Waals surface area contributed by atoms with Gasteiger partial charge in [-0.15, -0.1) is 0 Å². The maximum Gasteiger partial charge on any atom is 0.411 e. The third-order valence-electron chi connectivity index (χ3n) is 3.09. The molecule has 0 spiro atoms. The zero-order valence-electron chi connectivity index (χ0n) is 11.7. The molecule has 0 fully saturated rings. The molecule has 1 heterocycles. The van der Waals surface area contributed by atoms with Crippen molar-refractivity contribution in [3.63, 3.8) is 0 Å². The zero-order valence-corrected chi connectivity index (χ0v) is 11.7. The molecule has 2 aromatic rings. The second-order valence-corrected chi connectivity index (χ2v) is 4.68. The average molecular weight is 298 g/mol. The number of hydrogen-bond acceptors (Lipinski definition) is 3. The second kappa shape index (κ2) is 6.87. The van der Waals surface area contributed by atoms with E-state index in [0.717, 1.165) is 16.3 Å². The highest BCUT2D eigenvalue weighted by atomic mass is 19.4. The van der Waals surface area contributed by atoms with Gasteiger partial charge in [0.15, 0.2) is 0 Å². The first-order valence-corrected chi connectivity index (χ1v) is 6.72. The molecule has 1 aromatic heterocycles. The fourth-order valence-electron chi connectivity index (χ4n) is 2.24. The van der Waals surface area contributed by atoms with Gasteiger partial charge >= 0.3 is 6.18 Å². The minimum Gasteiger partial charge on any atom is -0.370 e. The van der Waals surface area contributed by atoms with Crippen molar-refractivity contribution in [3.05, 3.63) is 42.2 Å². The molecule has 0 bridgehead atoms. The van der Waals surface area contributed by atoms with Crippen LogP contribution < -0.4 is 5.32 Å². The van der Waals surface area contributed by atoms with Crippen LogP contribution in [0.5, 0.6) is 0 Å². The number of aromatic nitrogens is 1. The molecule has 3 nitrogen and oxygen atoms in total. The number of rotatable bonds is 6. The molecular formula is C15H17F3N2O. The van der Waals surface area contributed by atoms with E-state index in [9.17, 15) is 13.2 Å². The third-order valence-corrected chi connectivity index (χ3v) is 3.09. The Labute approximate surface area is 121 Å². The van der Waals surface area contributed by atoms with Crippen LogP contribution in [-0.4, -0.2) is 30.9 Å². The number of pyridine rings is 1. The lowest BCUT2D eigenvalue weighted by Crippen LogP contribution is -2.28. The van der Waals surface area contributed by atoms with Crippen molar-refractivity contribution >= 4 is 10.8 Å². The lowest BCUT2D eigenvalue weighted by molar-refractivity contribution is -0.175. The molecular weight excluding hydrogens is 281 g/mol. The van der Waals surface area contributed by atoms with Crippen LogP contribution in [0, 0.1) is 0 Å². The number of likely N-dealkylation sites (N-methyl/N-ethyl adjacent to an activating group) is 1. The molecule has 21 heavy (non-hydrogen) atoms. The lowest BCUT2D eigenvalue weighted by atomic mass is 10.0. The van der Waals surface area contributed by atoms with Crippen LogP contribution in [0.1, 0.15) is 18.5 Å². The summed E-state index contributed by atoms with van der Waals surface area (Å²) in [5.41, 5.74) is 0.893. The summed E-state index contributed by atoms with van der Waals surface area (Å²) in [5, 5.41) is 5.08. The zero-order chi connectivity index (χ0) is 15.3. The van der Waals surface area contributed by atoms with Crippen molar-refractivity contribution in [1.29, 1.82) is 0 Å². The lowest BCUT2D eigenvalue weighted by Gasteiger charge is -2.20. The van der Waals surface area contributed by atoms with E-state index in [1.807, 2.05) is 31.2 Å². The van der Waals surface area contributed by atoms with Gasteiger partial charge in [-0.05, 0) is 23.6 Å². The van der Waals surface area contributed by atoms with Crippen molar-refractivity contribution < 1.29 is 17.9 Å². The Morgan fingerprint density at radius 1 is 1.29 bits per heavy atom. The third kappa shape index (κ3) is 4.41. The molecule has 0 aliphatic rings. The topological polar surface area (TPSA) is 34.1 Å². The molecule has 1 N–H and O–H groups in total. The number of hydrogen-bond donors (Lipinski definition) is 1. The molecule has 0 saturated carbocycles. The molecule has 0 amide bonds. The monoisotopic (exact) mass is 298 g/mol. The SMILES string of the molecule is CCNC(COCC(F)(F)F)c1cccc2ccncc12. The van der Waals surface area contributed by atoms with Crippen LogP contribution in [0.25, 0.3) is 10.8 Å². The number of halogens is 3. The Balaban J connectivity index is 2.20. The van der Waals surface area contributed by atoms with Gasteiger partial charge in [0.1, 0.15) is 6.61 Å². The minimum absolute atomic E-state index is 0.0403. The molecule has 0 saturated heterocycles. The number of alkyl halides is 3. The van der Waals surface area contributed by atoms with Crippen LogP contribution in [0.15, 0.2) is 36.7 Å². The van der Waals surface area contributed by atoms with Crippen molar-refractivity contribution in [2.75, 3.05) is 19.8 Å². The molecule has 1 atom stereocenters. The van der Waals surface area contributed by atoms with E-state index in [2.05, 4.69) is 10.3 Å².